The number of nitrogens with zero attached hydrogens (tertiary/aromatic N) is 3. The van der Waals surface area contributed by atoms with Gasteiger partial charge in [0.05, 0.1) is 0 Å². The Morgan fingerprint density at radius 1 is 1.00 bits per heavy atom. The van der Waals surface area contributed by atoms with Gasteiger partial charge in [-0.2, -0.15) is 0 Å². The predicted octanol–water partition coefficient (Wildman–Crippen LogP) is 2.65. The third-order valence-corrected chi connectivity index (χ3v) is 4.28. The molecular weight excluding hydrogens is 465 g/mol. The Morgan fingerprint density at radius 3 is 2.39 bits per heavy atom. The van der Waals surface area contributed by atoms with Gasteiger partial charge in [0, 0.05) is 53.0 Å². The monoisotopic (exact) mass is 505 g/mol. The highest BCUT2D eigenvalue weighted by Gasteiger charge is 2.02. The van der Waals surface area contributed by atoms with E-state index in [1.54, 1.807) is 7.11 Å². The zero-order chi connectivity index (χ0) is 19.7. The first-order chi connectivity index (χ1) is 13.2. The van der Waals surface area contributed by atoms with Gasteiger partial charge in [-0.05, 0) is 46.0 Å². The molecule has 1 rings (SSSR count). The molecule has 1 aromatic carbocycles. The maximum Gasteiger partial charge on any atom is 0.191 e. The van der Waals surface area contributed by atoms with E-state index in [2.05, 4.69) is 71.8 Å². The van der Waals surface area contributed by atoms with Crippen molar-refractivity contribution >= 4 is 29.9 Å². The average molecular weight is 505 g/mol. The van der Waals surface area contributed by atoms with Gasteiger partial charge in [-0.1, -0.05) is 30.3 Å². The van der Waals surface area contributed by atoms with Crippen molar-refractivity contribution in [3.8, 4) is 0 Å². The van der Waals surface area contributed by atoms with Crippen molar-refractivity contribution in [1.29, 1.82) is 0 Å². The van der Waals surface area contributed by atoms with E-state index in [1.807, 2.05) is 0 Å². The lowest BCUT2D eigenvalue weighted by atomic mass is 10.2. The van der Waals surface area contributed by atoms with Crippen LogP contribution in [0.25, 0.3) is 0 Å². The first-order valence-electron chi connectivity index (χ1n) is 10.1. The maximum atomic E-state index is 5.10. The van der Waals surface area contributed by atoms with Crippen LogP contribution in [0.4, 0.5) is 0 Å². The van der Waals surface area contributed by atoms with E-state index < -0.39 is 0 Å². The Morgan fingerprint density at radius 2 is 1.71 bits per heavy atom. The van der Waals surface area contributed by atoms with E-state index in [9.17, 15) is 0 Å². The molecule has 1 aromatic rings. The second-order valence-electron chi connectivity index (χ2n) is 6.91. The lowest BCUT2D eigenvalue weighted by Gasteiger charge is -2.18. The molecule has 0 heterocycles. The molecule has 0 atom stereocenters. The summed E-state index contributed by atoms with van der Waals surface area (Å²) >= 11 is 0. The van der Waals surface area contributed by atoms with Crippen LogP contribution in [-0.4, -0.2) is 82.8 Å². The molecule has 0 fully saturated rings. The molecular formula is C21H40IN5O. The smallest absolute Gasteiger partial charge is 0.191 e. The summed E-state index contributed by atoms with van der Waals surface area (Å²) in [5, 5.41) is 6.75. The molecule has 7 heteroatoms. The molecule has 0 amide bonds. The van der Waals surface area contributed by atoms with Crippen LogP contribution in [0.1, 0.15) is 25.3 Å². The Hall–Kier alpha value is -0.900. The summed E-state index contributed by atoms with van der Waals surface area (Å²) in [4.78, 5) is 9.35. The highest BCUT2D eigenvalue weighted by molar-refractivity contribution is 14.0. The number of aliphatic imine (C=N–C) groups is 1. The van der Waals surface area contributed by atoms with Crippen LogP contribution in [0.15, 0.2) is 35.3 Å². The summed E-state index contributed by atoms with van der Waals surface area (Å²) in [6.07, 6.45) is 2.12. The third-order valence-electron chi connectivity index (χ3n) is 4.28. The van der Waals surface area contributed by atoms with Gasteiger partial charge < -0.3 is 25.2 Å². The minimum Gasteiger partial charge on any atom is -0.385 e. The van der Waals surface area contributed by atoms with Gasteiger partial charge in [0.15, 0.2) is 5.96 Å². The summed E-state index contributed by atoms with van der Waals surface area (Å²) in [6.45, 7) is 9.59. The molecule has 0 saturated carbocycles. The van der Waals surface area contributed by atoms with Gasteiger partial charge in [-0.15, -0.1) is 24.0 Å². The van der Waals surface area contributed by atoms with Gasteiger partial charge >= 0.3 is 0 Å². The van der Waals surface area contributed by atoms with Crippen LogP contribution < -0.4 is 10.6 Å². The zero-order valence-electron chi connectivity index (χ0n) is 18.1. The number of hydrogen-bond acceptors (Lipinski definition) is 4. The lowest BCUT2D eigenvalue weighted by Crippen LogP contribution is -2.41. The summed E-state index contributed by atoms with van der Waals surface area (Å²) in [6, 6.07) is 10.6. The van der Waals surface area contributed by atoms with Crippen LogP contribution in [0.2, 0.25) is 0 Å². The summed E-state index contributed by atoms with van der Waals surface area (Å²) < 4.78 is 5.10. The van der Waals surface area contributed by atoms with Crippen LogP contribution >= 0.6 is 24.0 Å². The van der Waals surface area contributed by atoms with Gasteiger partial charge in [0.1, 0.15) is 0 Å². The Bertz CT molecular complexity index is 501. The summed E-state index contributed by atoms with van der Waals surface area (Å²) in [5.41, 5.74) is 1.35. The maximum absolute atomic E-state index is 5.10. The third kappa shape index (κ3) is 14.1. The summed E-state index contributed by atoms with van der Waals surface area (Å²) in [5.74, 6) is 0.911. The normalized spacial score (nSPS) is 11.6. The fraction of sp³-hybridized carbons (Fsp3) is 0.667. The lowest BCUT2D eigenvalue weighted by molar-refractivity contribution is 0.180. The van der Waals surface area contributed by atoms with Gasteiger partial charge in [0.25, 0.3) is 0 Å². The molecule has 0 aliphatic heterocycles. The number of halogens is 1. The molecule has 0 saturated heterocycles. The zero-order valence-corrected chi connectivity index (χ0v) is 20.4. The van der Waals surface area contributed by atoms with Crippen LogP contribution in [0, 0.1) is 0 Å². The number of methoxy groups -OCH3 is 1. The predicted molar refractivity (Wildman–Crippen MR) is 131 cm³/mol. The largest absolute Gasteiger partial charge is 0.385 e. The molecule has 0 aliphatic carbocycles. The number of guanidine groups is 1. The highest BCUT2D eigenvalue weighted by Crippen LogP contribution is 2.02. The molecule has 0 unspecified atom stereocenters. The average Bonchev–Trinajstić information content (AvgIpc) is 2.66. The molecule has 162 valence electrons. The van der Waals surface area contributed by atoms with E-state index >= 15 is 0 Å². The standard InChI is InChI=1S/C21H39N5O.HI/c1-5-22-21(24-14-17-25(2)16-10-18-27-4)23-13-9-15-26(3)19-20-11-7-6-8-12-20;/h6-8,11-12H,5,9-10,13-19H2,1-4H3,(H2,22,23,24);1H. The number of rotatable bonds is 14. The van der Waals surface area contributed by atoms with Crippen molar-refractivity contribution in [3.05, 3.63) is 35.9 Å². The summed E-state index contributed by atoms with van der Waals surface area (Å²) in [7, 11) is 6.06. The number of hydrogen-bond donors (Lipinski definition) is 2. The molecule has 0 spiro atoms. The van der Waals surface area contributed by atoms with Crippen molar-refractivity contribution in [3.63, 3.8) is 0 Å². The fourth-order valence-electron chi connectivity index (χ4n) is 2.80. The Balaban J connectivity index is 0.00000729. The van der Waals surface area contributed by atoms with E-state index in [0.29, 0.717) is 0 Å². The van der Waals surface area contributed by atoms with Crippen molar-refractivity contribution in [1.82, 2.24) is 20.4 Å². The molecule has 28 heavy (non-hydrogen) atoms. The van der Waals surface area contributed by atoms with E-state index in [0.717, 1.165) is 71.2 Å². The van der Waals surface area contributed by atoms with Crippen molar-refractivity contribution in [2.75, 3.05) is 67.1 Å². The second kappa shape index (κ2) is 18.1. The quantitative estimate of drug-likeness (QED) is 0.176. The Labute approximate surface area is 189 Å². The van der Waals surface area contributed by atoms with E-state index in [-0.39, 0.29) is 24.0 Å². The van der Waals surface area contributed by atoms with E-state index in [4.69, 9.17) is 9.73 Å². The van der Waals surface area contributed by atoms with Gasteiger partial charge in [-0.3, -0.25) is 4.99 Å². The molecule has 0 bridgehead atoms. The molecule has 2 N–H and O–H groups in total. The first-order valence-corrected chi connectivity index (χ1v) is 10.1. The van der Waals surface area contributed by atoms with Crippen molar-refractivity contribution in [2.45, 2.75) is 26.3 Å². The minimum atomic E-state index is 0. The van der Waals surface area contributed by atoms with E-state index in [1.165, 1.54) is 5.56 Å². The molecule has 0 radical (unpaired) electrons. The number of nitrogens with one attached hydrogen (secondary N) is 2. The van der Waals surface area contributed by atoms with Crippen LogP contribution in [-0.2, 0) is 11.3 Å². The Kier molecular flexibility index (Phi) is 17.6. The highest BCUT2D eigenvalue weighted by atomic mass is 127. The van der Waals surface area contributed by atoms with Gasteiger partial charge in [-0.25, -0.2) is 0 Å². The first kappa shape index (κ1) is 27.1. The fourth-order valence-corrected chi connectivity index (χ4v) is 2.80. The number of ether oxygens (including phenoxy) is 1. The van der Waals surface area contributed by atoms with Crippen molar-refractivity contribution in [2.24, 2.45) is 4.99 Å². The molecule has 6 nitrogen and oxygen atoms in total. The minimum absolute atomic E-state index is 0. The second-order valence-corrected chi connectivity index (χ2v) is 6.91. The van der Waals surface area contributed by atoms with Crippen LogP contribution in [0.5, 0.6) is 0 Å². The number of benzene rings is 1. The van der Waals surface area contributed by atoms with Crippen molar-refractivity contribution < 1.29 is 4.74 Å². The topological polar surface area (TPSA) is 52.1 Å². The van der Waals surface area contributed by atoms with Crippen LogP contribution in [0.3, 0.4) is 0 Å². The van der Waals surface area contributed by atoms with Gasteiger partial charge in [0.2, 0.25) is 0 Å². The molecule has 0 aliphatic rings. The molecule has 0 aromatic heterocycles. The SMILES string of the molecule is CCNC(=NCCCN(C)Cc1ccccc1)NCCN(C)CCCOC.I. The number of likely N-dealkylation sites (N-methyl/N-ethyl adjacent to an activating group) is 1.